The zero-order valence-corrected chi connectivity index (χ0v) is 16.3. The first-order chi connectivity index (χ1) is 13.7. The van der Waals surface area contributed by atoms with E-state index in [0.29, 0.717) is 13.0 Å². The summed E-state index contributed by atoms with van der Waals surface area (Å²) in [5.74, 6) is -0.532. The van der Waals surface area contributed by atoms with Crippen molar-refractivity contribution in [1.29, 1.82) is 0 Å². The molecule has 0 saturated carbocycles. The van der Waals surface area contributed by atoms with E-state index in [1.807, 2.05) is 48.5 Å². The van der Waals surface area contributed by atoms with E-state index in [2.05, 4.69) is 22.3 Å². The number of esters is 1. The highest BCUT2D eigenvalue weighted by Crippen LogP contribution is 2.12. The van der Waals surface area contributed by atoms with Crippen molar-refractivity contribution in [1.82, 2.24) is 5.32 Å². The first kappa shape index (κ1) is 19.9. The number of nitrogens with one attached hydrogen (secondary N) is 2. The molecule has 1 heterocycles. The molecule has 0 spiro atoms. The lowest BCUT2D eigenvalue weighted by atomic mass is 10.1. The van der Waals surface area contributed by atoms with Crippen LogP contribution in [0.1, 0.15) is 5.56 Å². The number of rotatable bonds is 7. The van der Waals surface area contributed by atoms with E-state index in [9.17, 15) is 9.59 Å². The van der Waals surface area contributed by atoms with Crippen molar-refractivity contribution in [3.63, 3.8) is 0 Å². The summed E-state index contributed by atoms with van der Waals surface area (Å²) in [7, 11) is 1.35. The third-order valence-corrected chi connectivity index (χ3v) is 5.11. The number of para-hydroxylation sites is 1. The summed E-state index contributed by atoms with van der Waals surface area (Å²) in [5, 5.41) is 2.86. The SMILES string of the molecule is COC(=O)[C@H](Cc1ccccc1)NC(=O)C[NH+]1CCN(c2ccccc2)CC1. The average molecular weight is 382 g/mol. The lowest BCUT2D eigenvalue weighted by Gasteiger charge is -2.33. The van der Waals surface area contributed by atoms with E-state index < -0.39 is 12.0 Å². The molecule has 0 unspecified atom stereocenters. The van der Waals surface area contributed by atoms with Crippen molar-refractivity contribution in [3.8, 4) is 0 Å². The molecule has 3 rings (SSSR count). The Morgan fingerprint density at radius 1 is 1.04 bits per heavy atom. The highest BCUT2D eigenvalue weighted by Gasteiger charge is 2.26. The van der Waals surface area contributed by atoms with Gasteiger partial charge in [0.1, 0.15) is 6.04 Å². The van der Waals surface area contributed by atoms with Gasteiger partial charge in [-0.1, -0.05) is 48.5 Å². The Kier molecular flexibility index (Phi) is 7.03. The Bertz CT molecular complexity index is 759. The topological polar surface area (TPSA) is 63.1 Å². The zero-order chi connectivity index (χ0) is 19.8. The molecule has 6 nitrogen and oxygen atoms in total. The third kappa shape index (κ3) is 5.57. The molecular formula is C22H28N3O3+. The summed E-state index contributed by atoms with van der Waals surface area (Å²) in [6, 6.07) is 19.3. The number of amides is 1. The maximum Gasteiger partial charge on any atom is 0.328 e. The van der Waals surface area contributed by atoms with Crippen LogP contribution in [0.3, 0.4) is 0 Å². The standard InChI is InChI=1S/C22H27N3O3/c1-28-22(27)20(16-18-8-4-2-5-9-18)23-21(26)17-24-12-14-25(15-13-24)19-10-6-3-7-11-19/h2-11,20H,12-17H2,1H3,(H,23,26)/p+1/t20-/m0/s1. The molecule has 0 radical (unpaired) electrons. The fourth-order valence-corrected chi connectivity index (χ4v) is 3.55. The molecule has 0 aliphatic carbocycles. The lowest BCUT2D eigenvalue weighted by Crippen LogP contribution is -3.16. The fraction of sp³-hybridized carbons (Fsp3) is 0.364. The Balaban J connectivity index is 1.50. The van der Waals surface area contributed by atoms with Gasteiger partial charge >= 0.3 is 5.97 Å². The van der Waals surface area contributed by atoms with Gasteiger partial charge in [0.15, 0.2) is 6.54 Å². The van der Waals surface area contributed by atoms with Crippen molar-refractivity contribution in [2.75, 3.05) is 44.7 Å². The molecule has 0 aromatic heterocycles. The molecule has 2 aromatic rings. The van der Waals surface area contributed by atoms with E-state index in [0.717, 1.165) is 31.7 Å². The molecule has 1 amide bonds. The number of ether oxygens (including phenoxy) is 1. The number of anilines is 1. The summed E-state index contributed by atoms with van der Waals surface area (Å²) < 4.78 is 4.87. The summed E-state index contributed by atoms with van der Waals surface area (Å²) in [4.78, 5) is 28.2. The van der Waals surface area contributed by atoms with Crippen LogP contribution in [0.5, 0.6) is 0 Å². The molecule has 2 aromatic carbocycles. The predicted octanol–water partition coefficient (Wildman–Crippen LogP) is 0.292. The Labute approximate surface area is 166 Å². The molecule has 1 saturated heterocycles. The van der Waals surface area contributed by atoms with Crippen LogP contribution < -0.4 is 15.1 Å². The lowest BCUT2D eigenvalue weighted by molar-refractivity contribution is -0.892. The minimum Gasteiger partial charge on any atom is -0.467 e. The molecule has 1 aliphatic rings. The van der Waals surface area contributed by atoms with Crippen LogP contribution in [0.2, 0.25) is 0 Å². The number of hydrogen-bond donors (Lipinski definition) is 2. The Hall–Kier alpha value is -2.86. The normalized spacial score (nSPS) is 15.7. The zero-order valence-electron chi connectivity index (χ0n) is 16.3. The van der Waals surface area contributed by atoms with Crippen LogP contribution in [0.25, 0.3) is 0 Å². The van der Waals surface area contributed by atoms with E-state index in [-0.39, 0.29) is 5.91 Å². The van der Waals surface area contributed by atoms with Gasteiger partial charge in [-0.2, -0.15) is 0 Å². The van der Waals surface area contributed by atoms with E-state index in [4.69, 9.17) is 4.74 Å². The molecule has 1 fully saturated rings. The Morgan fingerprint density at radius 2 is 1.64 bits per heavy atom. The highest BCUT2D eigenvalue weighted by atomic mass is 16.5. The number of carbonyl (C=O) groups is 2. The van der Waals surface area contributed by atoms with Gasteiger partial charge < -0.3 is 19.9 Å². The molecular weight excluding hydrogens is 354 g/mol. The van der Waals surface area contributed by atoms with Crippen molar-refractivity contribution in [2.45, 2.75) is 12.5 Å². The monoisotopic (exact) mass is 382 g/mol. The minimum atomic E-state index is -0.662. The molecule has 2 N–H and O–H groups in total. The van der Waals surface area contributed by atoms with Crippen LogP contribution in [0.15, 0.2) is 60.7 Å². The van der Waals surface area contributed by atoms with Crippen molar-refractivity contribution >= 4 is 17.6 Å². The predicted molar refractivity (Wildman–Crippen MR) is 108 cm³/mol. The quantitative estimate of drug-likeness (QED) is 0.676. The smallest absolute Gasteiger partial charge is 0.328 e. The molecule has 0 bridgehead atoms. The second-order valence-corrected chi connectivity index (χ2v) is 7.08. The van der Waals surface area contributed by atoms with E-state index in [1.54, 1.807) is 0 Å². The van der Waals surface area contributed by atoms with Crippen LogP contribution in [-0.2, 0) is 20.7 Å². The van der Waals surface area contributed by atoms with Gasteiger partial charge in [0.25, 0.3) is 5.91 Å². The van der Waals surface area contributed by atoms with Crippen LogP contribution in [-0.4, -0.2) is 57.8 Å². The van der Waals surface area contributed by atoms with Crippen molar-refractivity contribution < 1.29 is 19.2 Å². The third-order valence-electron chi connectivity index (χ3n) is 5.11. The summed E-state index contributed by atoms with van der Waals surface area (Å²) in [5.41, 5.74) is 2.21. The largest absolute Gasteiger partial charge is 0.467 e. The second-order valence-electron chi connectivity index (χ2n) is 7.08. The number of carbonyl (C=O) groups excluding carboxylic acids is 2. The van der Waals surface area contributed by atoms with Crippen LogP contribution >= 0.6 is 0 Å². The number of nitrogens with zero attached hydrogens (tertiary/aromatic N) is 1. The first-order valence-electron chi connectivity index (χ1n) is 9.70. The molecule has 148 valence electrons. The number of piperazine rings is 1. The molecule has 28 heavy (non-hydrogen) atoms. The van der Waals surface area contributed by atoms with Gasteiger partial charge in [-0.15, -0.1) is 0 Å². The first-order valence-corrected chi connectivity index (χ1v) is 9.70. The second kappa shape index (κ2) is 9.90. The highest BCUT2D eigenvalue weighted by molar-refractivity contribution is 5.85. The number of hydrogen-bond acceptors (Lipinski definition) is 4. The van der Waals surface area contributed by atoms with Gasteiger partial charge in [-0.05, 0) is 17.7 Å². The average Bonchev–Trinajstić information content (AvgIpc) is 2.74. The van der Waals surface area contributed by atoms with E-state index >= 15 is 0 Å². The van der Waals surface area contributed by atoms with Gasteiger partial charge in [-0.3, -0.25) is 4.79 Å². The Morgan fingerprint density at radius 3 is 2.25 bits per heavy atom. The maximum absolute atomic E-state index is 12.5. The van der Waals surface area contributed by atoms with Crippen molar-refractivity contribution in [3.05, 3.63) is 66.2 Å². The van der Waals surface area contributed by atoms with Gasteiger partial charge in [0, 0.05) is 12.1 Å². The molecule has 1 atom stereocenters. The van der Waals surface area contributed by atoms with Crippen LogP contribution in [0, 0.1) is 0 Å². The number of benzene rings is 2. The fourth-order valence-electron chi connectivity index (χ4n) is 3.55. The van der Waals surface area contributed by atoms with E-state index in [1.165, 1.54) is 17.7 Å². The van der Waals surface area contributed by atoms with Gasteiger partial charge in [0.05, 0.1) is 33.3 Å². The number of methoxy groups -OCH3 is 1. The summed E-state index contributed by atoms with van der Waals surface area (Å²) in [6.45, 7) is 3.98. The number of quaternary nitrogens is 1. The minimum absolute atomic E-state index is 0.116. The molecule has 6 heteroatoms. The maximum atomic E-state index is 12.5. The van der Waals surface area contributed by atoms with Crippen molar-refractivity contribution in [2.24, 2.45) is 0 Å². The van der Waals surface area contributed by atoms with Gasteiger partial charge in [-0.25, -0.2) is 4.79 Å². The summed E-state index contributed by atoms with van der Waals surface area (Å²) >= 11 is 0. The van der Waals surface area contributed by atoms with Crippen LogP contribution in [0.4, 0.5) is 5.69 Å². The summed E-state index contributed by atoms with van der Waals surface area (Å²) in [6.07, 6.45) is 0.427. The van der Waals surface area contributed by atoms with Gasteiger partial charge in [0.2, 0.25) is 0 Å². The molecule has 1 aliphatic heterocycles.